The van der Waals surface area contributed by atoms with Gasteiger partial charge in [-0.3, -0.25) is 14.1 Å². The second-order valence-corrected chi connectivity index (χ2v) is 7.90. The van der Waals surface area contributed by atoms with Crippen molar-refractivity contribution in [1.29, 1.82) is 0 Å². The van der Waals surface area contributed by atoms with E-state index >= 15 is 0 Å². The van der Waals surface area contributed by atoms with Crippen molar-refractivity contribution < 1.29 is 32.4 Å². The second kappa shape index (κ2) is 20.1. The summed E-state index contributed by atoms with van der Waals surface area (Å²) in [6.07, 6.45) is 11.5. The molecule has 0 heterocycles. The van der Waals surface area contributed by atoms with Crippen LogP contribution < -0.4 is 0 Å². The van der Waals surface area contributed by atoms with Gasteiger partial charge in [0, 0.05) is 0 Å². The number of rotatable bonds is 16. The van der Waals surface area contributed by atoms with Gasteiger partial charge in [-0.2, -0.15) is 8.42 Å². The predicted molar refractivity (Wildman–Crippen MR) is 109 cm³/mol. The molecule has 1 unspecified atom stereocenters. The van der Waals surface area contributed by atoms with E-state index in [2.05, 4.69) is 6.92 Å². The molecule has 0 fully saturated rings. The molecular weight excluding hydrogens is 394 g/mol. The summed E-state index contributed by atoms with van der Waals surface area (Å²) < 4.78 is 35.7. The van der Waals surface area contributed by atoms with Gasteiger partial charge in [0.15, 0.2) is 5.25 Å². The number of ether oxygens (including phenoxy) is 1. The summed E-state index contributed by atoms with van der Waals surface area (Å²) in [5, 5.41) is 6.53. The van der Waals surface area contributed by atoms with Gasteiger partial charge < -0.3 is 9.84 Å². The number of carboxylic acid groups (broad SMARTS) is 1. The first-order chi connectivity index (χ1) is 11.8. The van der Waals surface area contributed by atoms with Gasteiger partial charge in [-0.25, -0.2) is 0 Å². The van der Waals surface area contributed by atoms with E-state index in [1.165, 1.54) is 44.9 Å². The molecule has 0 saturated heterocycles. The Morgan fingerprint density at radius 3 is 1.63 bits per heavy atom. The zero-order valence-corrected chi connectivity index (χ0v) is 15.9. The van der Waals surface area contributed by atoms with E-state index in [0.717, 1.165) is 19.3 Å². The Morgan fingerprint density at radius 2 is 1.26 bits per heavy atom. The molecule has 0 rings (SSSR count). The van der Waals surface area contributed by atoms with Crippen molar-refractivity contribution in [2.24, 2.45) is 0 Å². The third-order valence-corrected chi connectivity index (χ3v) is 5.05. The van der Waals surface area contributed by atoms with E-state index in [-0.39, 0.29) is 65.7 Å². The number of hydrogen-bond acceptors (Lipinski definition) is 5. The third-order valence-electron chi connectivity index (χ3n) is 3.97. The molecule has 0 spiro atoms. The Bertz CT molecular complexity index is 484. The summed E-state index contributed by atoms with van der Waals surface area (Å²) in [5.41, 5.74) is 0. The molecule has 0 radical (unpaired) electrons. The van der Waals surface area contributed by atoms with Crippen molar-refractivity contribution in [3.05, 3.63) is 0 Å². The van der Waals surface area contributed by atoms with Crippen LogP contribution in [-0.4, -0.2) is 101 Å². The van der Waals surface area contributed by atoms with E-state index in [1.54, 1.807) is 0 Å². The Labute approximate surface area is 207 Å². The van der Waals surface area contributed by atoms with Gasteiger partial charge in [-0.05, 0) is 6.42 Å². The van der Waals surface area contributed by atoms with Crippen molar-refractivity contribution in [1.82, 2.24) is 0 Å². The molecule has 0 aliphatic carbocycles. The fourth-order valence-electron chi connectivity index (χ4n) is 2.50. The van der Waals surface area contributed by atoms with Gasteiger partial charge in [0.25, 0.3) is 10.1 Å². The van der Waals surface area contributed by atoms with E-state index in [1.807, 2.05) is 0 Å². The van der Waals surface area contributed by atoms with Crippen LogP contribution in [0.1, 0.15) is 84.0 Å². The summed E-state index contributed by atoms with van der Waals surface area (Å²) in [7, 11) is -4.78. The molecule has 0 amide bonds. The van der Waals surface area contributed by atoms with Gasteiger partial charge in [0.1, 0.15) is 0 Å². The molecule has 0 aromatic rings. The minimum absolute atomic E-state index is 0. The molecule has 10 heteroatoms. The summed E-state index contributed by atoms with van der Waals surface area (Å²) >= 11 is 0. The fraction of sp³-hybridized carbons (Fsp3) is 0.882. The van der Waals surface area contributed by atoms with Crippen molar-refractivity contribution in [3.8, 4) is 0 Å². The van der Waals surface area contributed by atoms with Crippen LogP contribution in [0.15, 0.2) is 0 Å². The molecule has 0 aliphatic heterocycles. The molecule has 0 bridgehead atoms. The molecule has 0 aromatic heterocycles. The van der Waals surface area contributed by atoms with Crippen LogP contribution >= 0.6 is 0 Å². The van der Waals surface area contributed by atoms with E-state index < -0.39 is 33.7 Å². The quantitative estimate of drug-likeness (QED) is 0.168. The Hall–Kier alpha value is 0.850. The standard InChI is InChI=1S/C17H32O7S.2Na.2H/c1-2-3-4-5-6-7-8-9-10-11-12-13-24-17(20)15(14-16(18)19)25(21,22)23;;;;/h15H,2-14H2,1H3,(H,18,19)(H,21,22,23);;;;. The SMILES string of the molecule is CCCCCCCCCCCCCOC(=O)C(CC(=O)O)S(=O)(=O)O.[NaH].[NaH]. The number of aliphatic carboxylic acids is 1. The minimum atomic E-state index is -4.78. The number of carboxylic acids is 1. The molecule has 152 valence electrons. The summed E-state index contributed by atoms with van der Waals surface area (Å²) in [5.74, 6) is -2.70. The number of esters is 1. The van der Waals surface area contributed by atoms with Crippen molar-refractivity contribution in [2.45, 2.75) is 89.2 Å². The zero-order chi connectivity index (χ0) is 19.1. The Kier molecular flexibility index (Phi) is 24.2. The van der Waals surface area contributed by atoms with Crippen LogP contribution in [0.2, 0.25) is 0 Å². The summed E-state index contributed by atoms with van der Waals surface area (Å²) in [6.45, 7) is 2.23. The monoisotopic (exact) mass is 428 g/mol. The maximum absolute atomic E-state index is 11.6. The zero-order valence-electron chi connectivity index (χ0n) is 15.1. The van der Waals surface area contributed by atoms with Gasteiger partial charge in [0.05, 0.1) is 13.0 Å². The average Bonchev–Trinajstić information content (AvgIpc) is 2.52. The van der Waals surface area contributed by atoms with Crippen LogP contribution in [-0.2, 0) is 24.4 Å². The van der Waals surface area contributed by atoms with E-state index in [4.69, 9.17) is 14.4 Å². The summed E-state index contributed by atoms with van der Waals surface area (Å²) in [4.78, 5) is 22.1. The van der Waals surface area contributed by atoms with E-state index in [9.17, 15) is 18.0 Å². The van der Waals surface area contributed by atoms with E-state index in [0.29, 0.717) is 6.42 Å². The number of carbonyl (C=O) groups excluding carboxylic acids is 1. The van der Waals surface area contributed by atoms with Gasteiger partial charge in [0.2, 0.25) is 0 Å². The third kappa shape index (κ3) is 19.9. The van der Waals surface area contributed by atoms with Crippen LogP contribution in [0.5, 0.6) is 0 Å². The molecule has 1 atom stereocenters. The molecule has 0 aliphatic rings. The number of carbonyl (C=O) groups is 2. The molecule has 0 aromatic carbocycles. The first kappa shape index (κ1) is 32.5. The molecule has 7 nitrogen and oxygen atoms in total. The van der Waals surface area contributed by atoms with Crippen molar-refractivity contribution in [2.75, 3.05) is 6.61 Å². The first-order valence-corrected chi connectivity index (χ1v) is 10.6. The van der Waals surface area contributed by atoms with Gasteiger partial charge >= 0.3 is 71.1 Å². The molecule has 2 N–H and O–H groups in total. The maximum atomic E-state index is 11.6. The normalized spacial score (nSPS) is 11.8. The Morgan fingerprint density at radius 1 is 0.852 bits per heavy atom. The molecule has 27 heavy (non-hydrogen) atoms. The predicted octanol–water partition coefficient (Wildman–Crippen LogP) is 2.27. The van der Waals surface area contributed by atoms with Crippen molar-refractivity contribution >= 4 is 81.2 Å². The molecular formula is C17H34Na2O7S. The van der Waals surface area contributed by atoms with Crippen LogP contribution in [0.3, 0.4) is 0 Å². The second-order valence-electron chi connectivity index (χ2n) is 6.30. The number of unbranched alkanes of at least 4 members (excludes halogenated alkanes) is 10. The molecule has 0 saturated carbocycles. The van der Waals surface area contributed by atoms with Gasteiger partial charge in [-0.1, -0.05) is 71.1 Å². The first-order valence-electron chi connectivity index (χ1n) is 9.13. The summed E-state index contributed by atoms with van der Waals surface area (Å²) in [6, 6.07) is 0. The van der Waals surface area contributed by atoms with Crippen LogP contribution in [0.25, 0.3) is 0 Å². The number of hydrogen-bond donors (Lipinski definition) is 2. The van der Waals surface area contributed by atoms with Crippen LogP contribution in [0.4, 0.5) is 0 Å². The Balaban J connectivity index is -0.00000288. The fourth-order valence-corrected chi connectivity index (χ4v) is 3.17. The van der Waals surface area contributed by atoms with Crippen LogP contribution in [0, 0.1) is 0 Å². The average molecular weight is 428 g/mol. The topological polar surface area (TPSA) is 118 Å². The van der Waals surface area contributed by atoms with Gasteiger partial charge in [-0.15, -0.1) is 0 Å². The van der Waals surface area contributed by atoms with Crippen molar-refractivity contribution in [3.63, 3.8) is 0 Å².